The van der Waals surface area contributed by atoms with Gasteiger partial charge in [-0.2, -0.15) is 0 Å². The molecule has 0 atom stereocenters. The summed E-state index contributed by atoms with van der Waals surface area (Å²) in [6, 6.07) is 8.85. The van der Waals surface area contributed by atoms with E-state index in [0.717, 1.165) is 68.9 Å². The van der Waals surface area contributed by atoms with E-state index in [-0.39, 0.29) is 24.0 Å². The van der Waals surface area contributed by atoms with Crippen molar-refractivity contribution in [3.63, 3.8) is 0 Å². The highest BCUT2D eigenvalue weighted by Crippen LogP contribution is 2.18. The smallest absolute Gasteiger partial charge is 0.194 e. The van der Waals surface area contributed by atoms with Gasteiger partial charge in [0.1, 0.15) is 0 Å². The Bertz CT molecular complexity index is 831. The van der Waals surface area contributed by atoms with Gasteiger partial charge in [-0.3, -0.25) is 9.89 Å². The molecule has 6 nitrogen and oxygen atoms in total. The molecule has 0 radical (unpaired) electrons. The van der Waals surface area contributed by atoms with Crippen LogP contribution in [-0.4, -0.2) is 73.6 Å². The van der Waals surface area contributed by atoms with Crippen LogP contribution in [0.1, 0.15) is 36.0 Å². The molecule has 0 aliphatic carbocycles. The van der Waals surface area contributed by atoms with E-state index in [1.165, 1.54) is 24.2 Å². The summed E-state index contributed by atoms with van der Waals surface area (Å²) in [5.74, 6) is 0.972. The highest BCUT2D eigenvalue weighted by Gasteiger charge is 2.16. The van der Waals surface area contributed by atoms with E-state index in [1.54, 1.807) is 11.3 Å². The predicted octanol–water partition coefficient (Wildman–Crippen LogP) is 4.38. The van der Waals surface area contributed by atoms with E-state index in [9.17, 15) is 0 Å². The fourth-order valence-electron chi connectivity index (χ4n) is 3.95. The minimum Gasteiger partial charge on any atom is -0.369 e. The average molecular weight is 571 g/mol. The minimum absolute atomic E-state index is 0. The molecule has 0 amide bonds. The summed E-state index contributed by atoms with van der Waals surface area (Å²) >= 11 is 1.70. The number of guanidine groups is 1. The van der Waals surface area contributed by atoms with Crippen molar-refractivity contribution >= 4 is 47.0 Å². The number of aromatic nitrogens is 1. The monoisotopic (exact) mass is 570 g/mol. The molecule has 1 aromatic carbocycles. The first kappa shape index (κ1) is 26.9. The molecule has 1 N–H and O–H groups in total. The highest BCUT2D eigenvalue weighted by atomic mass is 127. The fraction of sp³-hybridized carbons (Fsp3) is 0.583. The Hall–Kier alpha value is -1.39. The van der Waals surface area contributed by atoms with Gasteiger partial charge < -0.3 is 15.1 Å². The third kappa shape index (κ3) is 8.51. The second-order valence-corrected chi connectivity index (χ2v) is 9.39. The van der Waals surface area contributed by atoms with Gasteiger partial charge in [0, 0.05) is 57.4 Å². The molecule has 0 unspecified atom stereocenters. The maximum Gasteiger partial charge on any atom is 0.194 e. The molecule has 1 aliphatic heterocycles. The summed E-state index contributed by atoms with van der Waals surface area (Å²) < 4.78 is 0. The van der Waals surface area contributed by atoms with Gasteiger partial charge in [0.05, 0.1) is 17.2 Å². The van der Waals surface area contributed by atoms with Gasteiger partial charge in [0.25, 0.3) is 0 Å². The number of benzene rings is 1. The highest BCUT2D eigenvalue weighted by molar-refractivity contribution is 14.0. The lowest BCUT2D eigenvalue weighted by molar-refractivity contribution is 0.253. The molecule has 2 heterocycles. The van der Waals surface area contributed by atoms with Gasteiger partial charge in [-0.05, 0) is 57.9 Å². The Morgan fingerprint density at radius 3 is 2.62 bits per heavy atom. The fourth-order valence-corrected chi connectivity index (χ4v) is 4.56. The first-order valence-corrected chi connectivity index (χ1v) is 12.4. The van der Waals surface area contributed by atoms with Crippen LogP contribution in [0, 0.1) is 13.8 Å². The summed E-state index contributed by atoms with van der Waals surface area (Å²) in [5, 5.41) is 6.66. The van der Waals surface area contributed by atoms with Crippen molar-refractivity contribution in [1.82, 2.24) is 20.1 Å². The van der Waals surface area contributed by atoms with Gasteiger partial charge >= 0.3 is 0 Å². The lowest BCUT2D eigenvalue weighted by atomic mass is 10.2. The van der Waals surface area contributed by atoms with Crippen LogP contribution in [0.15, 0.2) is 34.6 Å². The molecule has 2 aromatic rings. The lowest BCUT2D eigenvalue weighted by Crippen LogP contribution is -2.46. The van der Waals surface area contributed by atoms with Crippen molar-refractivity contribution in [3.05, 3.63) is 45.9 Å². The molecule has 0 spiro atoms. The van der Waals surface area contributed by atoms with Crippen LogP contribution < -0.4 is 10.2 Å². The number of aliphatic imine (C=N–C) groups is 1. The number of aryl methyl sites for hydroxylation is 2. The topological polar surface area (TPSA) is 47.0 Å². The van der Waals surface area contributed by atoms with E-state index < -0.39 is 0 Å². The van der Waals surface area contributed by atoms with Gasteiger partial charge in [-0.25, -0.2) is 4.98 Å². The molecule has 1 aromatic heterocycles. The van der Waals surface area contributed by atoms with Crippen LogP contribution in [0.5, 0.6) is 0 Å². The second kappa shape index (κ2) is 14.0. The first-order valence-electron chi connectivity index (χ1n) is 11.5. The van der Waals surface area contributed by atoms with Gasteiger partial charge in [-0.1, -0.05) is 12.1 Å². The first-order chi connectivity index (χ1) is 15.0. The molecule has 0 saturated carbocycles. The molecule has 178 valence electrons. The zero-order valence-electron chi connectivity index (χ0n) is 20.0. The van der Waals surface area contributed by atoms with Gasteiger partial charge in [0.2, 0.25) is 0 Å². The van der Waals surface area contributed by atoms with Gasteiger partial charge in [-0.15, -0.1) is 35.3 Å². The average Bonchev–Trinajstić information content (AvgIpc) is 3.17. The summed E-state index contributed by atoms with van der Waals surface area (Å²) in [5.41, 5.74) is 3.81. The van der Waals surface area contributed by atoms with Crippen molar-refractivity contribution < 1.29 is 0 Å². The van der Waals surface area contributed by atoms with Crippen molar-refractivity contribution in [3.8, 4) is 0 Å². The van der Waals surface area contributed by atoms with Crippen LogP contribution in [0.4, 0.5) is 5.69 Å². The van der Waals surface area contributed by atoms with E-state index in [1.807, 2.05) is 0 Å². The number of nitrogens with zero attached hydrogens (tertiary/aromatic N) is 5. The molecule has 1 saturated heterocycles. The Morgan fingerprint density at radius 1 is 1.19 bits per heavy atom. The number of nitrogens with one attached hydrogen (secondary N) is 1. The van der Waals surface area contributed by atoms with Crippen LogP contribution in [0.25, 0.3) is 0 Å². The number of hydrogen-bond acceptors (Lipinski definition) is 5. The quantitative estimate of drug-likeness (QED) is 0.210. The number of halogens is 1. The largest absolute Gasteiger partial charge is 0.369 e. The summed E-state index contributed by atoms with van der Waals surface area (Å²) in [6.07, 6.45) is 2.32. The summed E-state index contributed by atoms with van der Waals surface area (Å²) in [4.78, 5) is 16.7. The molecule has 0 bridgehead atoms. The van der Waals surface area contributed by atoms with Crippen LogP contribution >= 0.6 is 35.3 Å². The van der Waals surface area contributed by atoms with Crippen molar-refractivity contribution in [1.29, 1.82) is 0 Å². The Labute approximate surface area is 215 Å². The molecular formula is C24H39IN6S. The third-order valence-corrected chi connectivity index (χ3v) is 6.47. The number of piperazine rings is 1. The standard InChI is InChI=1S/C24H38N6S.HI/c1-5-25-24(28(4)18-22-19-31-21(3)27-22)26-11-6-7-12-29-13-15-30(16-14-29)23-10-8-9-20(2)17-23;/h8-10,17,19H,5-7,11-16,18H2,1-4H3,(H,25,26);1H. The van der Waals surface area contributed by atoms with E-state index >= 15 is 0 Å². The van der Waals surface area contributed by atoms with E-state index in [4.69, 9.17) is 4.99 Å². The number of hydrogen-bond donors (Lipinski definition) is 1. The summed E-state index contributed by atoms with van der Waals surface area (Å²) in [7, 11) is 2.09. The molecule has 1 aliphatic rings. The van der Waals surface area contributed by atoms with Crippen molar-refractivity contribution in [2.45, 2.75) is 40.2 Å². The minimum atomic E-state index is 0. The number of rotatable bonds is 9. The van der Waals surface area contributed by atoms with Gasteiger partial charge in [0.15, 0.2) is 5.96 Å². The second-order valence-electron chi connectivity index (χ2n) is 8.32. The zero-order valence-corrected chi connectivity index (χ0v) is 23.2. The molecule has 32 heavy (non-hydrogen) atoms. The van der Waals surface area contributed by atoms with Crippen LogP contribution in [0.2, 0.25) is 0 Å². The number of unbranched alkanes of at least 4 members (excludes halogenated alkanes) is 1. The number of anilines is 1. The van der Waals surface area contributed by atoms with Crippen molar-refractivity contribution in [2.24, 2.45) is 4.99 Å². The molecular weight excluding hydrogens is 531 g/mol. The Kier molecular flexibility index (Phi) is 11.7. The Balaban J connectivity index is 0.00000363. The molecule has 3 rings (SSSR count). The number of thiazole rings is 1. The van der Waals surface area contributed by atoms with E-state index in [2.05, 4.69) is 82.5 Å². The van der Waals surface area contributed by atoms with Crippen LogP contribution in [-0.2, 0) is 6.54 Å². The predicted molar refractivity (Wildman–Crippen MR) is 149 cm³/mol. The molecule has 8 heteroatoms. The van der Waals surface area contributed by atoms with E-state index in [0.29, 0.717) is 0 Å². The SMILES string of the molecule is CCNC(=NCCCCN1CCN(c2cccc(C)c2)CC1)N(C)Cc1csc(C)n1.I. The van der Waals surface area contributed by atoms with Crippen LogP contribution in [0.3, 0.4) is 0 Å². The zero-order chi connectivity index (χ0) is 22.1. The Morgan fingerprint density at radius 2 is 1.97 bits per heavy atom. The maximum atomic E-state index is 4.84. The lowest BCUT2D eigenvalue weighted by Gasteiger charge is -2.36. The third-order valence-electron chi connectivity index (χ3n) is 5.65. The maximum absolute atomic E-state index is 4.84. The summed E-state index contributed by atoms with van der Waals surface area (Å²) in [6.45, 7) is 14.6. The van der Waals surface area contributed by atoms with Crippen molar-refractivity contribution in [2.75, 3.05) is 57.8 Å². The normalized spacial score (nSPS) is 14.9. The molecule has 1 fully saturated rings.